The third-order valence-corrected chi connectivity index (χ3v) is 4.94. The van der Waals surface area contributed by atoms with E-state index in [0.717, 1.165) is 61.9 Å². The van der Waals surface area contributed by atoms with Crippen molar-refractivity contribution >= 4 is 5.82 Å². The summed E-state index contributed by atoms with van der Waals surface area (Å²) in [5, 5.41) is 18.0. The predicted octanol–water partition coefficient (Wildman–Crippen LogP) is 2.18. The van der Waals surface area contributed by atoms with Crippen LogP contribution in [0.4, 0.5) is 5.82 Å². The van der Waals surface area contributed by atoms with E-state index in [4.69, 9.17) is 0 Å². The van der Waals surface area contributed by atoms with Crippen LogP contribution in [0.1, 0.15) is 48.1 Å². The van der Waals surface area contributed by atoms with Crippen molar-refractivity contribution in [1.29, 1.82) is 5.26 Å². The van der Waals surface area contributed by atoms with E-state index in [2.05, 4.69) is 30.7 Å². The molecule has 2 aliphatic heterocycles. The molecule has 0 aromatic carbocycles. The second-order valence-electron chi connectivity index (χ2n) is 6.46. The summed E-state index contributed by atoms with van der Waals surface area (Å²) < 4.78 is 2.30. The van der Waals surface area contributed by atoms with Gasteiger partial charge in [-0.15, -0.1) is 10.2 Å². The van der Waals surface area contributed by atoms with Crippen molar-refractivity contribution in [2.75, 3.05) is 18.0 Å². The first-order chi connectivity index (χ1) is 11.3. The largest absolute Gasteiger partial charge is 0.356 e. The third kappa shape index (κ3) is 2.46. The molecule has 0 aliphatic carbocycles. The standard InChI is InChI=1S/C17H20N6/c1-12-6-7-15(19-14(12)10-18)22-8-2-4-13(11-22)17-21-20-16-5-3-9-23(16)17/h6-7,13H,2-5,8-9,11H2,1H3. The number of piperidine rings is 1. The summed E-state index contributed by atoms with van der Waals surface area (Å²) in [6.45, 7) is 4.86. The highest BCUT2D eigenvalue weighted by Crippen LogP contribution is 2.30. The number of anilines is 1. The van der Waals surface area contributed by atoms with Gasteiger partial charge in [-0.3, -0.25) is 0 Å². The molecular weight excluding hydrogens is 288 g/mol. The summed E-state index contributed by atoms with van der Waals surface area (Å²) in [6, 6.07) is 6.19. The molecule has 1 unspecified atom stereocenters. The van der Waals surface area contributed by atoms with E-state index >= 15 is 0 Å². The fraction of sp³-hybridized carbons (Fsp3) is 0.529. The van der Waals surface area contributed by atoms with Crippen molar-refractivity contribution in [3.63, 3.8) is 0 Å². The molecule has 0 bridgehead atoms. The molecule has 0 radical (unpaired) electrons. The van der Waals surface area contributed by atoms with Crippen molar-refractivity contribution in [2.45, 2.75) is 45.1 Å². The first-order valence-corrected chi connectivity index (χ1v) is 8.31. The molecule has 4 rings (SSSR count). The zero-order chi connectivity index (χ0) is 15.8. The number of fused-ring (bicyclic) bond motifs is 1. The molecule has 23 heavy (non-hydrogen) atoms. The molecule has 2 aliphatic rings. The summed E-state index contributed by atoms with van der Waals surface area (Å²) >= 11 is 0. The summed E-state index contributed by atoms with van der Waals surface area (Å²) in [7, 11) is 0. The van der Waals surface area contributed by atoms with Crippen LogP contribution in [0.3, 0.4) is 0 Å². The van der Waals surface area contributed by atoms with Crippen LogP contribution < -0.4 is 4.90 Å². The molecule has 4 heterocycles. The molecule has 1 atom stereocenters. The molecule has 0 amide bonds. The number of aromatic nitrogens is 4. The first kappa shape index (κ1) is 14.2. The van der Waals surface area contributed by atoms with Crippen molar-refractivity contribution in [1.82, 2.24) is 19.7 Å². The topological polar surface area (TPSA) is 70.6 Å². The number of nitrogens with zero attached hydrogens (tertiary/aromatic N) is 6. The average Bonchev–Trinajstić information content (AvgIpc) is 3.18. The number of rotatable bonds is 2. The van der Waals surface area contributed by atoms with Gasteiger partial charge in [0, 0.05) is 32.0 Å². The van der Waals surface area contributed by atoms with Crippen molar-refractivity contribution in [3.05, 3.63) is 35.0 Å². The Morgan fingerprint density at radius 2 is 2.13 bits per heavy atom. The van der Waals surface area contributed by atoms with Crippen LogP contribution in [0.25, 0.3) is 0 Å². The van der Waals surface area contributed by atoms with E-state index in [9.17, 15) is 5.26 Å². The number of aryl methyl sites for hydroxylation is 2. The van der Waals surface area contributed by atoms with Gasteiger partial charge in [-0.1, -0.05) is 6.07 Å². The Morgan fingerprint density at radius 3 is 3.00 bits per heavy atom. The Balaban J connectivity index is 1.59. The fourth-order valence-electron chi connectivity index (χ4n) is 3.68. The molecule has 6 heteroatoms. The maximum absolute atomic E-state index is 9.20. The number of nitriles is 1. The molecule has 6 nitrogen and oxygen atoms in total. The zero-order valence-corrected chi connectivity index (χ0v) is 13.4. The van der Waals surface area contributed by atoms with Gasteiger partial charge in [0.2, 0.25) is 0 Å². The highest BCUT2D eigenvalue weighted by molar-refractivity contribution is 5.45. The second-order valence-corrected chi connectivity index (χ2v) is 6.46. The van der Waals surface area contributed by atoms with Gasteiger partial charge in [0.25, 0.3) is 0 Å². The van der Waals surface area contributed by atoms with Crippen molar-refractivity contribution in [3.8, 4) is 6.07 Å². The van der Waals surface area contributed by atoms with Crippen LogP contribution in [0.15, 0.2) is 12.1 Å². The predicted molar refractivity (Wildman–Crippen MR) is 86.2 cm³/mol. The van der Waals surface area contributed by atoms with Crippen molar-refractivity contribution < 1.29 is 0 Å². The van der Waals surface area contributed by atoms with Crippen molar-refractivity contribution in [2.24, 2.45) is 0 Å². The molecule has 0 N–H and O–H groups in total. The summed E-state index contributed by atoms with van der Waals surface area (Å²) in [5.74, 6) is 3.57. The molecule has 118 valence electrons. The molecule has 0 spiro atoms. The lowest BCUT2D eigenvalue weighted by atomic mass is 9.97. The van der Waals surface area contributed by atoms with E-state index < -0.39 is 0 Å². The van der Waals surface area contributed by atoms with Gasteiger partial charge in [-0.25, -0.2) is 4.98 Å². The van der Waals surface area contributed by atoms with Crippen LogP contribution in [-0.4, -0.2) is 32.8 Å². The van der Waals surface area contributed by atoms with Crippen LogP contribution >= 0.6 is 0 Å². The smallest absolute Gasteiger partial charge is 0.145 e. The zero-order valence-electron chi connectivity index (χ0n) is 13.4. The minimum absolute atomic E-state index is 0.400. The van der Waals surface area contributed by atoms with E-state index in [1.807, 2.05) is 19.1 Å². The van der Waals surface area contributed by atoms with Crippen LogP contribution in [0, 0.1) is 18.3 Å². The normalized spacial score (nSPS) is 20.3. The molecule has 2 aromatic rings. The van der Waals surface area contributed by atoms with Gasteiger partial charge in [0.05, 0.1) is 0 Å². The Bertz CT molecular complexity index is 772. The average molecular weight is 308 g/mol. The summed E-state index contributed by atoms with van der Waals surface area (Å²) in [6.07, 6.45) is 4.49. The fourth-order valence-corrected chi connectivity index (χ4v) is 3.68. The minimum atomic E-state index is 0.400. The quantitative estimate of drug-likeness (QED) is 0.850. The highest BCUT2D eigenvalue weighted by Gasteiger charge is 2.29. The second kappa shape index (κ2) is 5.65. The Hall–Kier alpha value is -2.42. The maximum Gasteiger partial charge on any atom is 0.145 e. The minimum Gasteiger partial charge on any atom is -0.356 e. The summed E-state index contributed by atoms with van der Waals surface area (Å²) in [4.78, 5) is 6.81. The Morgan fingerprint density at radius 1 is 1.22 bits per heavy atom. The molecular formula is C17H20N6. The van der Waals surface area contributed by atoms with Gasteiger partial charge in [-0.2, -0.15) is 5.26 Å². The number of hydrogen-bond acceptors (Lipinski definition) is 5. The van der Waals surface area contributed by atoms with Crippen LogP contribution in [0.5, 0.6) is 0 Å². The third-order valence-electron chi connectivity index (χ3n) is 4.94. The summed E-state index contributed by atoms with van der Waals surface area (Å²) in [5.41, 5.74) is 1.45. The number of hydrogen-bond donors (Lipinski definition) is 0. The lowest BCUT2D eigenvalue weighted by Crippen LogP contribution is -2.36. The van der Waals surface area contributed by atoms with Gasteiger partial charge < -0.3 is 9.47 Å². The molecule has 2 aromatic heterocycles. The van der Waals surface area contributed by atoms with Crippen LogP contribution in [-0.2, 0) is 13.0 Å². The van der Waals surface area contributed by atoms with E-state index in [1.165, 1.54) is 6.42 Å². The molecule has 1 fully saturated rings. The molecule has 1 saturated heterocycles. The van der Waals surface area contributed by atoms with E-state index in [0.29, 0.717) is 11.6 Å². The Labute approximate surface area is 135 Å². The Kier molecular flexibility index (Phi) is 3.49. The molecule has 0 saturated carbocycles. The first-order valence-electron chi connectivity index (χ1n) is 8.31. The van der Waals surface area contributed by atoms with Gasteiger partial charge >= 0.3 is 0 Å². The van der Waals surface area contributed by atoms with Gasteiger partial charge in [-0.05, 0) is 37.8 Å². The lowest BCUT2D eigenvalue weighted by Gasteiger charge is -2.33. The van der Waals surface area contributed by atoms with Gasteiger partial charge in [0.15, 0.2) is 0 Å². The monoisotopic (exact) mass is 308 g/mol. The van der Waals surface area contributed by atoms with Gasteiger partial charge in [0.1, 0.15) is 29.2 Å². The number of pyridine rings is 1. The van der Waals surface area contributed by atoms with E-state index in [1.54, 1.807) is 0 Å². The highest BCUT2D eigenvalue weighted by atomic mass is 15.3. The maximum atomic E-state index is 9.20. The SMILES string of the molecule is Cc1ccc(N2CCCC(c3nnc4n3CCC4)C2)nc1C#N. The van der Waals surface area contributed by atoms with E-state index in [-0.39, 0.29) is 0 Å². The van der Waals surface area contributed by atoms with Crippen LogP contribution in [0.2, 0.25) is 0 Å². The lowest BCUT2D eigenvalue weighted by molar-refractivity contribution is 0.471.